The first-order valence-electron chi connectivity index (χ1n) is 18.8. The van der Waals surface area contributed by atoms with E-state index in [1.165, 1.54) is 103 Å². The highest BCUT2D eigenvalue weighted by Gasteiger charge is 2.21. The monoisotopic (exact) mass is 645 g/mol. The van der Waals surface area contributed by atoms with Gasteiger partial charge in [0.05, 0.1) is 54.5 Å². The third-order valence-electron chi connectivity index (χ3n) is 8.80. The fourth-order valence-corrected chi connectivity index (χ4v) is 5.48. The van der Waals surface area contributed by atoms with Crippen molar-refractivity contribution < 1.29 is 37.5 Å². The van der Waals surface area contributed by atoms with Gasteiger partial charge in [0.2, 0.25) is 0 Å². The Morgan fingerprint density at radius 1 is 0.356 bits per heavy atom. The fourth-order valence-electron chi connectivity index (χ4n) is 5.48. The predicted molar refractivity (Wildman–Crippen MR) is 187 cm³/mol. The Bertz CT molecular complexity index is 630. The Morgan fingerprint density at radius 3 is 0.933 bits per heavy atom. The van der Waals surface area contributed by atoms with Gasteiger partial charge in [0.1, 0.15) is 26.3 Å². The molecule has 45 heavy (non-hydrogen) atoms. The molecular formula is C37H76N2O6+2. The van der Waals surface area contributed by atoms with Crippen LogP contribution in [0.1, 0.15) is 149 Å². The molecule has 268 valence electrons. The normalized spacial score (nSPS) is 11.9. The lowest BCUT2D eigenvalue weighted by molar-refractivity contribution is -0.909. The van der Waals surface area contributed by atoms with E-state index in [0.29, 0.717) is 26.4 Å². The summed E-state index contributed by atoms with van der Waals surface area (Å²) < 4.78 is 22.7. The third kappa shape index (κ3) is 32.2. The Balaban J connectivity index is 3.73. The zero-order valence-electron chi connectivity index (χ0n) is 30.9. The molecule has 0 saturated heterocycles. The molecular weight excluding hydrogens is 568 g/mol. The van der Waals surface area contributed by atoms with Gasteiger partial charge in [-0.05, 0) is 12.8 Å². The average molecular weight is 645 g/mol. The van der Waals surface area contributed by atoms with Crippen LogP contribution in [0.15, 0.2) is 0 Å². The number of hydrogen-bond acceptors (Lipinski definition) is 6. The molecule has 0 fully saturated rings. The number of likely N-dealkylation sites (N-methyl/N-ethyl adjacent to an activating group) is 2. The first-order valence-corrected chi connectivity index (χ1v) is 18.8. The molecule has 0 heterocycles. The fraction of sp³-hybridized carbons (Fsp3) is 0.946. The molecule has 0 bridgehead atoms. The molecule has 0 aromatic heterocycles. The van der Waals surface area contributed by atoms with Crippen molar-refractivity contribution in [2.45, 2.75) is 149 Å². The second-order valence-electron chi connectivity index (χ2n) is 14.4. The summed E-state index contributed by atoms with van der Waals surface area (Å²) in [6.07, 6.45) is 25.1. The summed E-state index contributed by atoms with van der Waals surface area (Å²) >= 11 is 0. The average Bonchev–Trinajstić information content (AvgIpc) is 2.98. The van der Waals surface area contributed by atoms with Crippen LogP contribution in [0.3, 0.4) is 0 Å². The smallest absolute Gasteiger partial charge is 0.434 e. The van der Waals surface area contributed by atoms with Crippen LogP contribution in [0, 0.1) is 0 Å². The molecule has 0 unspecified atom stereocenters. The molecule has 0 aliphatic carbocycles. The van der Waals surface area contributed by atoms with Crippen molar-refractivity contribution in [1.29, 1.82) is 0 Å². The summed E-state index contributed by atoms with van der Waals surface area (Å²) in [4.78, 5) is 23.9. The predicted octanol–water partition coefficient (Wildman–Crippen LogP) is 9.68. The molecule has 0 radical (unpaired) electrons. The first kappa shape index (κ1) is 43.5. The van der Waals surface area contributed by atoms with E-state index in [2.05, 4.69) is 42.0 Å². The number of unbranched alkanes of at least 4 members (excludes halogenated alkanes) is 18. The van der Waals surface area contributed by atoms with Gasteiger partial charge in [0, 0.05) is 6.42 Å². The Morgan fingerprint density at radius 2 is 0.622 bits per heavy atom. The molecule has 0 amide bonds. The van der Waals surface area contributed by atoms with Crippen molar-refractivity contribution in [2.75, 3.05) is 80.8 Å². The van der Waals surface area contributed by atoms with Gasteiger partial charge in [-0.3, -0.25) is 0 Å². The number of rotatable bonds is 32. The zero-order chi connectivity index (χ0) is 33.5. The number of ether oxygens (including phenoxy) is 4. The minimum atomic E-state index is -0.550. The maximum Gasteiger partial charge on any atom is 0.508 e. The van der Waals surface area contributed by atoms with Crippen molar-refractivity contribution in [3.63, 3.8) is 0 Å². The lowest BCUT2D eigenvalue weighted by Crippen LogP contribution is -2.47. The van der Waals surface area contributed by atoms with Gasteiger partial charge < -0.3 is 27.9 Å². The van der Waals surface area contributed by atoms with E-state index in [-0.39, 0.29) is 0 Å². The summed E-state index contributed by atoms with van der Waals surface area (Å²) in [7, 11) is 8.64. The van der Waals surface area contributed by atoms with Crippen molar-refractivity contribution >= 4 is 12.3 Å². The number of hydrogen-bond donors (Lipinski definition) is 0. The van der Waals surface area contributed by atoms with Gasteiger partial charge in [0.25, 0.3) is 0 Å². The third-order valence-corrected chi connectivity index (χ3v) is 8.80. The van der Waals surface area contributed by atoms with Crippen molar-refractivity contribution in [1.82, 2.24) is 0 Å². The minimum absolute atomic E-state index is 0.358. The Kier molecular flexibility index (Phi) is 28.8. The summed E-state index contributed by atoms with van der Waals surface area (Å²) in [5.41, 5.74) is 0. The molecule has 0 aliphatic heterocycles. The highest BCUT2D eigenvalue weighted by molar-refractivity contribution is 5.60. The lowest BCUT2D eigenvalue weighted by atomic mass is 10.1. The van der Waals surface area contributed by atoms with Crippen LogP contribution in [0.4, 0.5) is 9.59 Å². The molecule has 8 nitrogen and oxygen atoms in total. The number of carbonyl (C=O) groups is 2. The molecule has 0 rings (SSSR count). The van der Waals surface area contributed by atoms with Crippen molar-refractivity contribution in [3.8, 4) is 0 Å². The van der Waals surface area contributed by atoms with Crippen LogP contribution in [0.5, 0.6) is 0 Å². The Hall–Kier alpha value is -1.54. The van der Waals surface area contributed by atoms with Crippen molar-refractivity contribution in [3.05, 3.63) is 0 Å². The van der Waals surface area contributed by atoms with Crippen LogP contribution in [-0.2, 0) is 18.9 Å². The molecule has 0 aromatic carbocycles. The second-order valence-corrected chi connectivity index (χ2v) is 14.4. The van der Waals surface area contributed by atoms with Gasteiger partial charge in [-0.25, -0.2) is 9.59 Å². The Labute approximate surface area is 279 Å². The summed E-state index contributed by atoms with van der Waals surface area (Å²) in [5, 5.41) is 0. The van der Waals surface area contributed by atoms with E-state index in [1.54, 1.807) is 0 Å². The van der Waals surface area contributed by atoms with E-state index in [4.69, 9.17) is 18.9 Å². The molecule has 0 spiro atoms. The lowest BCUT2D eigenvalue weighted by Gasteiger charge is -2.33. The SMILES string of the molecule is CCCCCCCCCCCCOC(=O)OCC[N+](C)(C)CCC[N+](C)(C)CCOC(=O)OCCCCCCCCCCCC. The minimum Gasteiger partial charge on any atom is -0.434 e. The maximum atomic E-state index is 11.9. The highest BCUT2D eigenvalue weighted by atomic mass is 16.7. The van der Waals surface area contributed by atoms with Crippen LogP contribution in [-0.4, -0.2) is 102 Å². The molecule has 0 aliphatic rings. The standard InChI is InChI=1S/C37H76N2O6/c1-7-9-11-13-15-17-19-21-23-25-32-42-36(40)44-34-30-38(3,4)28-27-29-39(5,6)31-35-45-37(41)43-33-26-24-22-20-18-16-14-12-10-8-2/h7-35H2,1-6H3/q+2. The molecule has 0 atom stereocenters. The topological polar surface area (TPSA) is 71.1 Å². The van der Waals surface area contributed by atoms with Crippen LogP contribution >= 0.6 is 0 Å². The molecule has 8 heteroatoms. The number of quaternary nitrogens is 2. The summed E-state index contributed by atoms with van der Waals surface area (Å²) in [6.45, 7) is 9.55. The second kappa shape index (κ2) is 29.8. The molecule has 0 aromatic rings. The van der Waals surface area contributed by atoms with Crippen molar-refractivity contribution in [2.24, 2.45) is 0 Å². The largest absolute Gasteiger partial charge is 0.508 e. The van der Waals surface area contributed by atoms with Crippen LogP contribution in [0.25, 0.3) is 0 Å². The van der Waals surface area contributed by atoms with Gasteiger partial charge in [-0.2, -0.15) is 0 Å². The molecule has 0 N–H and O–H groups in total. The van der Waals surface area contributed by atoms with Gasteiger partial charge in [-0.1, -0.05) is 129 Å². The van der Waals surface area contributed by atoms with Gasteiger partial charge in [-0.15, -0.1) is 0 Å². The highest BCUT2D eigenvalue weighted by Crippen LogP contribution is 2.12. The first-order chi connectivity index (χ1) is 21.6. The van der Waals surface area contributed by atoms with E-state index >= 15 is 0 Å². The van der Waals surface area contributed by atoms with Gasteiger partial charge >= 0.3 is 12.3 Å². The quantitative estimate of drug-likeness (QED) is 0.0413. The van der Waals surface area contributed by atoms with Crippen LogP contribution < -0.4 is 0 Å². The maximum absolute atomic E-state index is 11.9. The number of nitrogens with zero attached hydrogens (tertiary/aromatic N) is 2. The zero-order valence-corrected chi connectivity index (χ0v) is 30.9. The van der Waals surface area contributed by atoms with Crippen LogP contribution in [0.2, 0.25) is 0 Å². The summed E-state index contributed by atoms with van der Waals surface area (Å²) in [6, 6.07) is 0. The number of carbonyl (C=O) groups excluding carboxylic acids is 2. The molecule has 0 saturated carbocycles. The van der Waals surface area contributed by atoms with E-state index < -0.39 is 12.3 Å². The van der Waals surface area contributed by atoms with E-state index in [0.717, 1.165) is 67.2 Å². The van der Waals surface area contributed by atoms with E-state index in [1.807, 2.05) is 0 Å². The van der Waals surface area contributed by atoms with E-state index in [9.17, 15) is 9.59 Å². The summed E-state index contributed by atoms with van der Waals surface area (Å²) in [5.74, 6) is 0. The van der Waals surface area contributed by atoms with Gasteiger partial charge in [0.15, 0.2) is 0 Å².